The van der Waals surface area contributed by atoms with Gasteiger partial charge in [0.05, 0.1) is 3.79 Å². The molecule has 0 radical (unpaired) electrons. The van der Waals surface area contributed by atoms with E-state index in [1.165, 1.54) is 23.1 Å². The van der Waals surface area contributed by atoms with Crippen molar-refractivity contribution in [1.29, 1.82) is 0 Å². The molecule has 3 fully saturated rings. The molecule has 158 valence electrons. The molecule has 0 unspecified atom stereocenters. The largest absolute Gasteiger partial charge is 0.477 e. The Labute approximate surface area is 190 Å². The minimum atomic E-state index is -1.31. The Morgan fingerprint density at radius 3 is 1.43 bits per heavy atom. The molecule has 3 aliphatic carbocycles. The quantitative estimate of drug-likeness (QED) is 0.366. The first-order valence-corrected chi connectivity index (χ1v) is 19.0. The minimum absolute atomic E-state index is 0.363. The topological polar surface area (TPSA) is 37.3 Å². The minimum Gasteiger partial charge on any atom is -0.477 e. The van der Waals surface area contributed by atoms with Gasteiger partial charge < -0.3 is 5.11 Å². The van der Waals surface area contributed by atoms with E-state index in [9.17, 15) is 4.79 Å². The summed E-state index contributed by atoms with van der Waals surface area (Å²) in [5, 5.41) is 8.39. The van der Waals surface area contributed by atoms with Crippen LogP contribution in [0.15, 0.2) is 15.9 Å². The van der Waals surface area contributed by atoms with Crippen molar-refractivity contribution in [3.8, 4) is 0 Å². The van der Waals surface area contributed by atoms with Crippen LogP contribution in [-0.4, -0.2) is 30.8 Å². The zero-order chi connectivity index (χ0) is 19.8. The summed E-state index contributed by atoms with van der Waals surface area (Å²) in [6, 6.07) is 3.28. The summed E-state index contributed by atoms with van der Waals surface area (Å²) in [7, 11) is 0. The molecule has 3 saturated carbocycles. The molecule has 3 aliphatic rings. The number of carboxylic acid groups (broad SMARTS) is 1. The van der Waals surface area contributed by atoms with E-state index in [1.807, 2.05) is 0 Å². The van der Waals surface area contributed by atoms with Crippen LogP contribution < -0.4 is 0 Å². The average molecular weight is 576 g/mol. The SMILES string of the molecule is C1CC[CH]([SnH]([CH]2CCCCC2)[CH]2CCCCC2)CC1.O=C(O)c1ccc(Br)s1. The summed E-state index contributed by atoms with van der Waals surface area (Å²) in [6.07, 6.45) is 24.3. The molecule has 2 nitrogen and oxygen atoms in total. The Kier molecular flexibility index (Phi) is 10.2. The maximum atomic E-state index is 10.2. The zero-order valence-corrected chi connectivity index (χ0v) is 22.9. The van der Waals surface area contributed by atoms with Gasteiger partial charge in [0.1, 0.15) is 4.88 Å². The summed E-state index contributed by atoms with van der Waals surface area (Å²) in [5.74, 6) is -0.870. The third-order valence-electron chi connectivity index (χ3n) is 7.37. The fourth-order valence-corrected chi connectivity index (χ4v) is 24.6. The Bertz CT molecular complexity index is 544. The maximum absolute atomic E-state index is 10.2. The van der Waals surface area contributed by atoms with E-state index in [1.54, 1.807) is 108 Å². The summed E-state index contributed by atoms with van der Waals surface area (Å²) < 4.78 is 4.85. The third kappa shape index (κ3) is 7.01. The summed E-state index contributed by atoms with van der Waals surface area (Å²) >= 11 is 3.06. The van der Waals surface area contributed by atoms with E-state index in [-0.39, 0.29) is 0 Å². The van der Waals surface area contributed by atoms with Crippen LogP contribution in [0, 0.1) is 0 Å². The fraction of sp³-hybridized carbons (Fsp3) is 0.783. The predicted octanol–water partition coefficient (Wildman–Crippen LogP) is 8.43. The van der Waals surface area contributed by atoms with E-state index in [2.05, 4.69) is 15.9 Å². The number of hydrogen-bond acceptors (Lipinski definition) is 2. The molecule has 0 saturated heterocycles. The number of carboxylic acids is 1. The molecule has 4 rings (SSSR count). The number of hydrogen-bond donors (Lipinski definition) is 1. The van der Waals surface area contributed by atoms with Crippen molar-refractivity contribution in [3.63, 3.8) is 0 Å². The fourth-order valence-electron chi connectivity index (χ4n) is 6.14. The zero-order valence-electron chi connectivity index (χ0n) is 17.2. The Hall–Kier alpha value is 0.449. The second-order valence-corrected chi connectivity index (χ2v) is 23.0. The van der Waals surface area contributed by atoms with Crippen molar-refractivity contribution in [2.45, 2.75) is 108 Å². The van der Waals surface area contributed by atoms with Gasteiger partial charge in [0.25, 0.3) is 0 Å². The van der Waals surface area contributed by atoms with E-state index < -0.39 is 25.7 Å². The Balaban J connectivity index is 0.000000211. The van der Waals surface area contributed by atoms with E-state index in [4.69, 9.17) is 5.11 Å². The van der Waals surface area contributed by atoms with Crippen molar-refractivity contribution >= 4 is 53.0 Å². The van der Waals surface area contributed by atoms with Gasteiger partial charge in [0, 0.05) is 0 Å². The monoisotopic (exact) mass is 576 g/mol. The number of carbonyl (C=O) groups is 1. The van der Waals surface area contributed by atoms with Crippen LogP contribution in [0.3, 0.4) is 0 Å². The second kappa shape index (κ2) is 12.3. The molecule has 0 bridgehead atoms. The summed E-state index contributed by atoms with van der Waals surface area (Å²) in [6.45, 7) is 0. The van der Waals surface area contributed by atoms with Crippen LogP contribution >= 0.6 is 27.3 Å². The van der Waals surface area contributed by atoms with Gasteiger partial charge in [0.2, 0.25) is 0 Å². The summed E-state index contributed by atoms with van der Waals surface area (Å²) in [4.78, 5) is 10.6. The standard InChI is InChI=1S/3C6H11.C5H3BrO2S.Sn.H/c3*1-2-4-6-5-3-1;6-4-2-1-3(9-4)5(7)8;;/h3*1H,2-6H2;1-2H,(H,7,8);;. The predicted molar refractivity (Wildman–Crippen MR) is 127 cm³/mol. The van der Waals surface area contributed by atoms with Crippen molar-refractivity contribution in [1.82, 2.24) is 0 Å². The van der Waals surface area contributed by atoms with Crippen molar-refractivity contribution in [3.05, 3.63) is 20.8 Å². The van der Waals surface area contributed by atoms with Crippen molar-refractivity contribution in [2.24, 2.45) is 0 Å². The van der Waals surface area contributed by atoms with E-state index in [0.29, 0.717) is 4.88 Å². The molecule has 0 amide bonds. The molecule has 0 spiro atoms. The molecule has 1 aromatic heterocycles. The molecular formula is C23H37BrO2SSn. The van der Waals surface area contributed by atoms with Crippen LogP contribution in [0.5, 0.6) is 0 Å². The molecule has 0 atom stereocenters. The van der Waals surface area contributed by atoms with E-state index >= 15 is 0 Å². The van der Waals surface area contributed by atoms with Gasteiger partial charge in [-0.05, 0) is 28.1 Å². The molecule has 0 aromatic carbocycles. The van der Waals surface area contributed by atoms with Crippen molar-refractivity contribution < 1.29 is 9.90 Å². The second-order valence-electron chi connectivity index (χ2n) is 9.18. The number of halogens is 1. The van der Waals surface area contributed by atoms with Crippen molar-refractivity contribution in [2.75, 3.05) is 0 Å². The molecule has 5 heteroatoms. The number of aromatic carboxylic acids is 1. The van der Waals surface area contributed by atoms with Gasteiger partial charge in [-0.2, -0.15) is 0 Å². The van der Waals surface area contributed by atoms with Crippen LogP contribution in [0.1, 0.15) is 106 Å². The Morgan fingerprint density at radius 2 is 1.18 bits per heavy atom. The number of rotatable bonds is 4. The maximum Gasteiger partial charge on any atom is 0.345 e. The van der Waals surface area contributed by atoms with Crippen LogP contribution in [-0.2, 0) is 0 Å². The van der Waals surface area contributed by atoms with Gasteiger partial charge >= 0.3 is 134 Å². The summed E-state index contributed by atoms with van der Waals surface area (Å²) in [5.41, 5.74) is 0. The molecule has 1 heterocycles. The van der Waals surface area contributed by atoms with Gasteiger partial charge in [-0.3, -0.25) is 0 Å². The van der Waals surface area contributed by atoms with Gasteiger partial charge in [0.15, 0.2) is 0 Å². The first-order valence-electron chi connectivity index (χ1n) is 11.6. The van der Waals surface area contributed by atoms with Gasteiger partial charge in [-0.1, -0.05) is 0 Å². The molecule has 1 aromatic rings. The average Bonchev–Trinajstić information content (AvgIpc) is 3.18. The van der Waals surface area contributed by atoms with Gasteiger partial charge in [-0.25, -0.2) is 4.79 Å². The molecular weight excluding hydrogens is 539 g/mol. The van der Waals surface area contributed by atoms with Crippen LogP contribution in [0.25, 0.3) is 0 Å². The van der Waals surface area contributed by atoms with E-state index in [0.717, 1.165) is 3.79 Å². The molecule has 0 aliphatic heterocycles. The van der Waals surface area contributed by atoms with Gasteiger partial charge in [-0.15, -0.1) is 11.3 Å². The normalized spacial score (nSPS) is 22.6. The van der Waals surface area contributed by atoms with Crippen LogP contribution in [0.4, 0.5) is 0 Å². The van der Waals surface area contributed by atoms with Crippen LogP contribution in [0.2, 0.25) is 11.8 Å². The first-order chi connectivity index (χ1) is 13.6. The molecule has 28 heavy (non-hydrogen) atoms. The smallest absolute Gasteiger partial charge is 0.345 e. The number of thiophene rings is 1. The first kappa shape index (κ1) is 23.1. The molecule has 1 N–H and O–H groups in total. The third-order valence-corrected chi connectivity index (χ3v) is 24.0. The Morgan fingerprint density at radius 1 is 0.786 bits per heavy atom.